The zero-order chi connectivity index (χ0) is 19.2. The van der Waals surface area contributed by atoms with E-state index in [2.05, 4.69) is 15.8 Å². The number of para-hydroxylation sites is 1. The molecule has 0 fully saturated rings. The maximum absolute atomic E-state index is 12.3. The lowest BCUT2D eigenvalue weighted by Crippen LogP contribution is -2.35. The lowest BCUT2D eigenvalue weighted by Gasteiger charge is -2.04. The van der Waals surface area contributed by atoms with Gasteiger partial charge in [-0.1, -0.05) is 29.8 Å². The highest BCUT2D eigenvalue weighted by Gasteiger charge is 2.08. The van der Waals surface area contributed by atoms with Gasteiger partial charge in [0.1, 0.15) is 11.8 Å². The number of nitrogens with zero attached hydrogens (tertiary/aromatic N) is 1. The summed E-state index contributed by atoms with van der Waals surface area (Å²) in [5.41, 5.74) is 4.19. The number of carbonyl (C=O) groups is 2. The predicted molar refractivity (Wildman–Crippen MR) is 102 cm³/mol. The van der Waals surface area contributed by atoms with Crippen molar-refractivity contribution in [3.8, 4) is 0 Å². The summed E-state index contributed by atoms with van der Waals surface area (Å²) >= 11 is 0. The first-order chi connectivity index (χ1) is 13.0. The zero-order valence-electron chi connectivity index (χ0n) is 14.6. The minimum atomic E-state index is -0.517. The molecule has 2 N–H and O–H groups in total. The molecule has 3 aromatic rings. The Balaban J connectivity index is 1.56. The summed E-state index contributed by atoms with van der Waals surface area (Å²) in [4.78, 5) is 36.0. The maximum atomic E-state index is 12.3. The fourth-order valence-electron chi connectivity index (χ4n) is 2.36. The van der Waals surface area contributed by atoms with Crippen molar-refractivity contribution in [3.05, 3.63) is 81.7 Å². The molecule has 1 heterocycles. The molecule has 2 aromatic carbocycles. The number of hydrogen-bond acceptors (Lipinski definition) is 5. The van der Waals surface area contributed by atoms with Crippen molar-refractivity contribution in [1.29, 1.82) is 0 Å². The van der Waals surface area contributed by atoms with Crippen molar-refractivity contribution in [1.82, 2.24) is 10.7 Å². The number of rotatable bonds is 5. The number of hydrogen-bond donors (Lipinski definition) is 2. The SMILES string of the molecule is Cc1ccc(C(=O)NCC(=O)N/N=C\c2coc3ccccc3c2=O)cc1. The minimum Gasteiger partial charge on any atom is -0.463 e. The molecule has 0 aliphatic carbocycles. The second kappa shape index (κ2) is 8.09. The van der Waals surface area contributed by atoms with Crippen molar-refractivity contribution in [2.24, 2.45) is 5.10 Å². The lowest BCUT2D eigenvalue weighted by atomic mass is 10.1. The number of aryl methyl sites for hydroxylation is 1. The van der Waals surface area contributed by atoms with Crippen molar-refractivity contribution in [2.45, 2.75) is 6.92 Å². The first kappa shape index (κ1) is 18.1. The molecule has 1 aromatic heterocycles. The number of carbonyl (C=O) groups excluding carboxylic acids is 2. The number of benzene rings is 2. The second-order valence-corrected chi connectivity index (χ2v) is 5.86. The molecule has 0 aliphatic heterocycles. The molecule has 0 saturated carbocycles. The Morgan fingerprint density at radius 2 is 1.85 bits per heavy atom. The van der Waals surface area contributed by atoms with Gasteiger partial charge in [0, 0.05) is 5.56 Å². The molecule has 0 radical (unpaired) electrons. The van der Waals surface area contributed by atoms with E-state index < -0.39 is 5.91 Å². The van der Waals surface area contributed by atoms with Crippen LogP contribution in [0.3, 0.4) is 0 Å². The molecule has 0 spiro atoms. The summed E-state index contributed by atoms with van der Waals surface area (Å²) in [6.45, 7) is 1.68. The summed E-state index contributed by atoms with van der Waals surface area (Å²) in [6, 6.07) is 13.8. The Morgan fingerprint density at radius 3 is 2.63 bits per heavy atom. The first-order valence-corrected chi connectivity index (χ1v) is 8.22. The van der Waals surface area contributed by atoms with Crippen LogP contribution in [-0.4, -0.2) is 24.6 Å². The molecule has 7 nitrogen and oxygen atoms in total. The maximum Gasteiger partial charge on any atom is 0.259 e. The summed E-state index contributed by atoms with van der Waals surface area (Å²) in [5.74, 6) is -0.874. The Bertz CT molecular complexity index is 1070. The molecule has 3 rings (SSSR count). The number of fused-ring (bicyclic) bond motifs is 1. The van der Waals surface area contributed by atoms with Gasteiger partial charge in [0.15, 0.2) is 0 Å². The van der Waals surface area contributed by atoms with Crippen LogP contribution in [0.2, 0.25) is 0 Å². The van der Waals surface area contributed by atoms with E-state index in [1.54, 1.807) is 36.4 Å². The van der Waals surface area contributed by atoms with Crippen molar-refractivity contribution in [3.63, 3.8) is 0 Å². The van der Waals surface area contributed by atoms with E-state index in [0.717, 1.165) is 5.56 Å². The Morgan fingerprint density at radius 1 is 1.11 bits per heavy atom. The molecule has 0 bridgehead atoms. The van der Waals surface area contributed by atoms with E-state index in [1.165, 1.54) is 12.5 Å². The van der Waals surface area contributed by atoms with Gasteiger partial charge in [0.05, 0.1) is 23.7 Å². The molecule has 2 amide bonds. The van der Waals surface area contributed by atoms with Crippen LogP contribution < -0.4 is 16.2 Å². The van der Waals surface area contributed by atoms with Crippen LogP contribution in [0.25, 0.3) is 11.0 Å². The average molecular weight is 363 g/mol. The zero-order valence-corrected chi connectivity index (χ0v) is 14.6. The predicted octanol–water partition coefficient (Wildman–Crippen LogP) is 1.98. The van der Waals surface area contributed by atoms with Crippen molar-refractivity contribution in [2.75, 3.05) is 6.54 Å². The largest absolute Gasteiger partial charge is 0.463 e. The van der Waals surface area contributed by atoms with Crippen LogP contribution in [0.5, 0.6) is 0 Å². The number of hydrazone groups is 1. The molecule has 7 heteroatoms. The number of amides is 2. The van der Waals surface area contributed by atoms with Gasteiger partial charge >= 0.3 is 0 Å². The van der Waals surface area contributed by atoms with E-state index in [9.17, 15) is 14.4 Å². The van der Waals surface area contributed by atoms with Gasteiger partial charge in [-0.3, -0.25) is 14.4 Å². The van der Waals surface area contributed by atoms with Crippen LogP contribution >= 0.6 is 0 Å². The quantitative estimate of drug-likeness (QED) is 0.535. The fourth-order valence-corrected chi connectivity index (χ4v) is 2.36. The third-order valence-electron chi connectivity index (χ3n) is 3.82. The van der Waals surface area contributed by atoms with Gasteiger partial charge in [0.2, 0.25) is 5.43 Å². The van der Waals surface area contributed by atoms with Crippen LogP contribution in [0.15, 0.2) is 69.1 Å². The summed E-state index contributed by atoms with van der Waals surface area (Å²) in [5, 5.41) is 6.66. The Labute approximate surface area is 154 Å². The van der Waals surface area contributed by atoms with E-state index in [1.807, 2.05) is 19.1 Å². The van der Waals surface area contributed by atoms with Gasteiger partial charge in [-0.25, -0.2) is 5.43 Å². The highest BCUT2D eigenvalue weighted by molar-refractivity contribution is 5.96. The van der Waals surface area contributed by atoms with Crippen molar-refractivity contribution < 1.29 is 14.0 Å². The highest BCUT2D eigenvalue weighted by atomic mass is 16.3. The molecule has 136 valence electrons. The third kappa shape index (κ3) is 4.46. The van der Waals surface area contributed by atoms with E-state index in [-0.39, 0.29) is 23.4 Å². The molecule has 0 unspecified atom stereocenters. The van der Waals surface area contributed by atoms with Gasteiger partial charge in [-0.2, -0.15) is 5.10 Å². The van der Waals surface area contributed by atoms with E-state index in [4.69, 9.17) is 4.42 Å². The molecule has 0 saturated heterocycles. The topological polar surface area (TPSA) is 101 Å². The van der Waals surface area contributed by atoms with Gasteiger partial charge in [-0.05, 0) is 31.2 Å². The Hall–Kier alpha value is -3.74. The van der Waals surface area contributed by atoms with Crippen LogP contribution in [0.1, 0.15) is 21.5 Å². The van der Waals surface area contributed by atoms with Crippen LogP contribution in [0, 0.1) is 6.92 Å². The Kier molecular flexibility index (Phi) is 5.41. The average Bonchev–Trinajstić information content (AvgIpc) is 2.68. The highest BCUT2D eigenvalue weighted by Crippen LogP contribution is 2.09. The third-order valence-corrected chi connectivity index (χ3v) is 3.82. The summed E-state index contributed by atoms with van der Waals surface area (Å²) in [6.07, 6.45) is 2.48. The van der Waals surface area contributed by atoms with Crippen LogP contribution in [-0.2, 0) is 4.79 Å². The molecular formula is C20H17N3O4. The number of nitrogens with one attached hydrogen (secondary N) is 2. The van der Waals surface area contributed by atoms with Gasteiger partial charge in [-0.15, -0.1) is 0 Å². The van der Waals surface area contributed by atoms with Crippen LogP contribution in [0.4, 0.5) is 0 Å². The second-order valence-electron chi connectivity index (χ2n) is 5.86. The monoisotopic (exact) mass is 363 g/mol. The van der Waals surface area contributed by atoms with E-state index >= 15 is 0 Å². The minimum absolute atomic E-state index is 0.206. The molecule has 0 atom stereocenters. The summed E-state index contributed by atoms with van der Waals surface area (Å²) in [7, 11) is 0. The van der Waals surface area contributed by atoms with E-state index in [0.29, 0.717) is 16.5 Å². The standard InChI is InChI=1S/C20H17N3O4/c1-13-6-8-14(9-7-13)20(26)21-11-18(24)23-22-10-15-12-27-17-5-3-2-4-16(17)19(15)25/h2-10,12H,11H2,1H3,(H,21,26)(H,23,24)/b22-10-. The molecular weight excluding hydrogens is 346 g/mol. The van der Waals surface area contributed by atoms with Gasteiger partial charge in [0.25, 0.3) is 11.8 Å². The molecule has 0 aliphatic rings. The lowest BCUT2D eigenvalue weighted by molar-refractivity contribution is -0.120. The van der Waals surface area contributed by atoms with Gasteiger partial charge < -0.3 is 9.73 Å². The smallest absolute Gasteiger partial charge is 0.259 e. The normalized spacial score (nSPS) is 10.9. The molecule has 27 heavy (non-hydrogen) atoms. The summed E-state index contributed by atoms with van der Waals surface area (Å²) < 4.78 is 5.36. The fraction of sp³-hybridized carbons (Fsp3) is 0.100. The first-order valence-electron chi connectivity index (χ1n) is 8.22. The van der Waals surface area contributed by atoms with Crippen molar-refractivity contribution >= 4 is 29.0 Å².